The summed E-state index contributed by atoms with van der Waals surface area (Å²) in [5.74, 6) is 2.21. The van der Waals surface area contributed by atoms with Crippen LogP contribution < -0.4 is 4.90 Å². The van der Waals surface area contributed by atoms with Gasteiger partial charge in [-0.25, -0.2) is 9.97 Å². The predicted octanol–water partition coefficient (Wildman–Crippen LogP) is 2.01. The summed E-state index contributed by atoms with van der Waals surface area (Å²) >= 11 is 0. The van der Waals surface area contributed by atoms with Crippen LogP contribution >= 0.6 is 0 Å². The topological polar surface area (TPSA) is 103 Å². The Morgan fingerprint density at radius 1 is 1.21 bits per heavy atom. The first-order chi connectivity index (χ1) is 13.6. The molecule has 0 atom stereocenters. The SMILES string of the molecule is Cc1cc(-c2nnn3c2nc(N(C)Cc2ncn(C)n2)c2ccccc23)no1. The number of rotatable bonds is 4. The first-order valence-corrected chi connectivity index (χ1v) is 8.73. The molecule has 0 N–H and O–H groups in total. The summed E-state index contributed by atoms with van der Waals surface area (Å²) in [7, 11) is 3.81. The minimum absolute atomic E-state index is 0.522. The minimum Gasteiger partial charge on any atom is -0.361 e. The summed E-state index contributed by atoms with van der Waals surface area (Å²) in [4.78, 5) is 11.2. The fourth-order valence-corrected chi connectivity index (χ4v) is 3.23. The number of hydrogen-bond acceptors (Lipinski definition) is 8. The van der Waals surface area contributed by atoms with Crippen molar-refractivity contribution in [2.45, 2.75) is 13.5 Å². The van der Waals surface area contributed by atoms with Gasteiger partial charge in [-0.2, -0.15) is 9.61 Å². The zero-order valence-corrected chi connectivity index (χ0v) is 15.6. The molecule has 10 heteroatoms. The maximum atomic E-state index is 5.20. The highest BCUT2D eigenvalue weighted by Crippen LogP contribution is 2.29. The lowest BCUT2D eigenvalue weighted by molar-refractivity contribution is 0.399. The van der Waals surface area contributed by atoms with E-state index in [-0.39, 0.29) is 0 Å². The molecule has 0 unspecified atom stereocenters. The summed E-state index contributed by atoms with van der Waals surface area (Å²) in [5, 5.41) is 18.0. The average molecular weight is 375 g/mol. The molecule has 4 aromatic heterocycles. The fraction of sp³-hybridized carbons (Fsp3) is 0.222. The Kier molecular flexibility index (Phi) is 3.57. The molecule has 5 aromatic rings. The molecule has 28 heavy (non-hydrogen) atoms. The van der Waals surface area contributed by atoms with Crippen molar-refractivity contribution in [3.8, 4) is 11.4 Å². The van der Waals surface area contributed by atoms with Gasteiger partial charge in [-0.15, -0.1) is 5.10 Å². The van der Waals surface area contributed by atoms with E-state index in [0.29, 0.717) is 29.3 Å². The fourth-order valence-electron chi connectivity index (χ4n) is 3.23. The Balaban J connectivity index is 1.70. The van der Waals surface area contributed by atoms with E-state index in [0.717, 1.165) is 22.5 Å². The van der Waals surface area contributed by atoms with Gasteiger partial charge in [-0.3, -0.25) is 4.68 Å². The second kappa shape index (κ2) is 6.12. The van der Waals surface area contributed by atoms with E-state index in [1.54, 1.807) is 15.5 Å². The summed E-state index contributed by atoms with van der Waals surface area (Å²) in [6.45, 7) is 2.36. The molecule has 0 aliphatic rings. The Hall–Kier alpha value is -3.82. The van der Waals surface area contributed by atoms with Crippen LogP contribution in [0.1, 0.15) is 11.6 Å². The maximum Gasteiger partial charge on any atom is 0.188 e. The van der Waals surface area contributed by atoms with Crippen LogP contribution in [0.25, 0.3) is 27.9 Å². The van der Waals surface area contributed by atoms with E-state index in [4.69, 9.17) is 9.51 Å². The first-order valence-electron chi connectivity index (χ1n) is 8.73. The van der Waals surface area contributed by atoms with Gasteiger partial charge in [0.25, 0.3) is 0 Å². The number of para-hydroxylation sites is 1. The van der Waals surface area contributed by atoms with Crippen molar-refractivity contribution in [2.75, 3.05) is 11.9 Å². The summed E-state index contributed by atoms with van der Waals surface area (Å²) in [6, 6.07) is 9.77. The number of hydrogen-bond donors (Lipinski definition) is 0. The van der Waals surface area contributed by atoms with Crippen LogP contribution in [0, 0.1) is 6.92 Å². The highest BCUT2D eigenvalue weighted by Gasteiger charge is 2.20. The quantitative estimate of drug-likeness (QED) is 0.470. The van der Waals surface area contributed by atoms with Gasteiger partial charge in [0, 0.05) is 25.5 Å². The van der Waals surface area contributed by atoms with Gasteiger partial charge in [0.2, 0.25) is 0 Å². The van der Waals surface area contributed by atoms with Gasteiger partial charge in [0.15, 0.2) is 17.2 Å². The van der Waals surface area contributed by atoms with E-state index in [1.165, 1.54) is 0 Å². The van der Waals surface area contributed by atoms with E-state index in [9.17, 15) is 0 Å². The number of aromatic nitrogens is 8. The van der Waals surface area contributed by atoms with Crippen LogP contribution in [0.2, 0.25) is 0 Å². The van der Waals surface area contributed by atoms with Crippen LogP contribution in [-0.4, -0.2) is 46.8 Å². The lowest BCUT2D eigenvalue weighted by Gasteiger charge is -2.18. The second-order valence-corrected chi connectivity index (χ2v) is 6.64. The average Bonchev–Trinajstić information content (AvgIpc) is 3.40. The lowest BCUT2D eigenvalue weighted by atomic mass is 10.2. The molecule has 0 spiro atoms. The molecule has 0 fully saturated rings. The van der Waals surface area contributed by atoms with Crippen molar-refractivity contribution in [1.29, 1.82) is 0 Å². The van der Waals surface area contributed by atoms with Gasteiger partial charge in [0.05, 0.1) is 12.1 Å². The number of nitrogens with zero attached hydrogens (tertiary/aromatic N) is 9. The van der Waals surface area contributed by atoms with Gasteiger partial charge < -0.3 is 9.42 Å². The molecule has 0 saturated heterocycles. The largest absolute Gasteiger partial charge is 0.361 e. The van der Waals surface area contributed by atoms with Crippen molar-refractivity contribution in [2.24, 2.45) is 7.05 Å². The molecule has 0 aliphatic carbocycles. The molecule has 0 bridgehead atoms. The third kappa shape index (κ3) is 2.57. The Morgan fingerprint density at radius 2 is 2.07 bits per heavy atom. The van der Waals surface area contributed by atoms with Gasteiger partial charge in [-0.05, 0) is 19.1 Å². The molecular weight excluding hydrogens is 358 g/mol. The minimum atomic E-state index is 0.522. The molecule has 4 heterocycles. The Morgan fingerprint density at radius 3 is 2.82 bits per heavy atom. The molecule has 0 saturated carbocycles. The normalized spacial score (nSPS) is 11.5. The van der Waals surface area contributed by atoms with Gasteiger partial charge in [0.1, 0.15) is 23.6 Å². The molecule has 0 amide bonds. The molecule has 140 valence electrons. The highest BCUT2D eigenvalue weighted by molar-refractivity contribution is 5.93. The maximum absolute atomic E-state index is 5.20. The Labute approximate surface area is 159 Å². The van der Waals surface area contributed by atoms with Crippen molar-refractivity contribution in [3.63, 3.8) is 0 Å². The van der Waals surface area contributed by atoms with E-state index in [2.05, 4.69) is 25.6 Å². The van der Waals surface area contributed by atoms with Gasteiger partial charge >= 0.3 is 0 Å². The molecule has 0 radical (unpaired) electrons. The highest BCUT2D eigenvalue weighted by atomic mass is 16.5. The van der Waals surface area contributed by atoms with Crippen LogP contribution in [0.4, 0.5) is 5.82 Å². The van der Waals surface area contributed by atoms with E-state index < -0.39 is 0 Å². The Bertz CT molecular complexity index is 1300. The molecule has 0 aliphatic heterocycles. The first kappa shape index (κ1) is 16.4. The summed E-state index contributed by atoms with van der Waals surface area (Å²) in [6.07, 6.45) is 1.68. The summed E-state index contributed by atoms with van der Waals surface area (Å²) in [5.41, 5.74) is 2.70. The molecular formula is C18H17N9O. The second-order valence-electron chi connectivity index (χ2n) is 6.64. The number of aryl methyl sites for hydroxylation is 2. The van der Waals surface area contributed by atoms with Crippen LogP contribution in [0.5, 0.6) is 0 Å². The standard InChI is InChI=1S/C18H17N9O/c1-11-8-13(23-28-11)16-18-20-17(25(2)9-15-19-10-26(3)22-15)12-6-4-5-7-14(12)27(18)24-21-16/h4-8,10H,9H2,1-3H3. The predicted molar refractivity (Wildman–Crippen MR) is 102 cm³/mol. The van der Waals surface area contributed by atoms with Crippen LogP contribution in [0.3, 0.4) is 0 Å². The third-order valence-corrected chi connectivity index (χ3v) is 4.49. The van der Waals surface area contributed by atoms with Crippen molar-refractivity contribution < 1.29 is 4.52 Å². The third-order valence-electron chi connectivity index (χ3n) is 4.49. The molecule has 1 aromatic carbocycles. The number of fused-ring (bicyclic) bond motifs is 3. The van der Waals surface area contributed by atoms with E-state index >= 15 is 0 Å². The van der Waals surface area contributed by atoms with Crippen molar-refractivity contribution in [3.05, 3.63) is 48.2 Å². The lowest BCUT2D eigenvalue weighted by Crippen LogP contribution is -2.20. The van der Waals surface area contributed by atoms with Crippen LogP contribution in [0.15, 0.2) is 41.2 Å². The number of benzene rings is 1. The molecule has 5 rings (SSSR count). The smallest absolute Gasteiger partial charge is 0.188 e. The monoisotopic (exact) mass is 375 g/mol. The van der Waals surface area contributed by atoms with Crippen molar-refractivity contribution >= 4 is 22.4 Å². The summed E-state index contributed by atoms with van der Waals surface area (Å²) < 4.78 is 8.61. The zero-order chi connectivity index (χ0) is 19.3. The molecule has 10 nitrogen and oxygen atoms in total. The van der Waals surface area contributed by atoms with E-state index in [1.807, 2.05) is 56.3 Å². The van der Waals surface area contributed by atoms with Crippen molar-refractivity contribution in [1.82, 2.24) is 39.7 Å². The zero-order valence-electron chi connectivity index (χ0n) is 15.6. The number of anilines is 1. The van der Waals surface area contributed by atoms with Crippen LogP contribution in [-0.2, 0) is 13.6 Å². The van der Waals surface area contributed by atoms with Gasteiger partial charge in [-0.1, -0.05) is 22.5 Å².